The molecule has 0 radical (unpaired) electrons. The number of nitrogens with one attached hydrogen (secondary N) is 1. The second-order valence-electron chi connectivity index (χ2n) is 10.7. The Kier molecular flexibility index (Phi) is 7.59. The van der Waals surface area contributed by atoms with E-state index < -0.39 is 17.2 Å². The lowest BCUT2D eigenvalue weighted by molar-refractivity contribution is -0.137. The molecule has 5 rings (SSSR count). The average molecular weight is 553 g/mol. The predicted molar refractivity (Wildman–Crippen MR) is 145 cm³/mol. The molecule has 1 heterocycles. The molecule has 40 heavy (non-hydrogen) atoms. The van der Waals surface area contributed by atoms with Crippen LogP contribution >= 0.6 is 0 Å². The van der Waals surface area contributed by atoms with E-state index in [1.165, 1.54) is 0 Å². The van der Waals surface area contributed by atoms with Crippen LogP contribution in [0.15, 0.2) is 60.7 Å². The summed E-state index contributed by atoms with van der Waals surface area (Å²) in [5.74, 6) is 0.822. The first-order chi connectivity index (χ1) is 19.0. The third kappa shape index (κ3) is 5.99. The molecule has 210 valence electrons. The van der Waals surface area contributed by atoms with Gasteiger partial charge in [-0.3, -0.25) is 9.59 Å². The van der Waals surface area contributed by atoms with Crippen LogP contribution in [0.25, 0.3) is 11.1 Å². The second-order valence-corrected chi connectivity index (χ2v) is 10.7. The average Bonchev–Trinajstić information content (AvgIpc) is 3.61. The molecular weight excluding hydrogens is 521 g/mol. The third-order valence-corrected chi connectivity index (χ3v) is 7.44. The van der Waals surface area contributed by atoms with E-state index in [4.69, 9.17) is 9.47 Å². The first-order valence-electron chi connectivity index (χ1n) is 13.2. The van der Waals surface area contributed by atoms with Crippen molar-refractivity contribution in [2.75, 3.05) is 34.0 Å². The number of ether oxygens (including phenoxy) is 2. The number of carbonyl (C=O) groups excluding carboxylic acids is 2. The van der Waals surface area contributed by atoms with Gasteiger partial charge in [0.15, 0.2) is 11.5 Å². The van der Waals surface area contributed by atoms with E-state index >= 15 is 0 Å². The maximum Gasteiger partial charge on any atom is 0.416 e. The topological polar surface area (TPSA) is 67.9 Å². The Balaban J connectivity index is 1.35. The third-order valence-electron chi connectivity index (χ3n) is 7.44. The van der Waals surface area contributed by atoms with Gasteiger partial charge in [0.05, 0.1) is 11.0 Å². The summed E-state index contributed by atoms with van der Waals surface area (Å²) in [4.78, 5) is 27.9. The summed E-state index contributed by atoms with van der Waals surface area (Å²) in [7, 11) is 3.91. The maximum absolute atomic E-state index is 13.8. The van der Waals surface area contributed by atoms with E-state index in [2.05, 4.69) is 5.32 Å². The van der Waals surface area contributed by atoms with Gasteiger partial charge >= 0.3 is 6.18 Å². The first-order valence-corrected chi connectivity index (χ1v) is 13.2. The van der Waals surface area contributed by atoms with Gasteiger partial charge in [0, 0.05) is 18.5 Å². The largest absolute Gasteiger partial charge is 0.454 e. The summed E-state index contributed by atoms with van der Waals surface area (Å²) < 4.78 is 52.3. The summed E-state index contributed by atoms with van der Waals surface area (Å²) in [6.07, 6.45) is -2.63. The number of rotatable bonds is 10. The lowest BCUT2D eigenvalue weighted by Crippen LogP contribution is -2.27. The molecule has 1 saturated carbocycles. The molecule has 0 saturated heterocycles. The highest BCUT2D eigenvalue weighted by Crippen LogP contribution is 2.51. The SMILES string of the molecule is CN(C)CCCNC(=O)c1ccc(-c2cc(CC(=O)C3(c4ccc5c(c4)OCO5)CC3)cc(C(F)(F)F)c2)cc1. The lowest BCUT2D eigenvalue weighted by Gasteiger charge is -2.17. The van der Waals surface area contributed by atoms with Crippen molar-refractivity contribution in [1.29, 1.82) is 0 Å². The number of Topliss-reactive ketones (excluding diaryl/α,β-unsaturated/α-hetero) is 1. The molecule has 0 aromatic heterocycles. The zero-order valence-electron chi connectivity index (χ0n) is 22.4. The number of benzene rings is 3. The van der Waals surface area contributed by atoms with Crippen molar-refractivity contribution in [3.63, 3.8) is 0 Å². The molecule has 0 bridgehead atoms. The molecule has 1 fully saturated rings. The molecule has 1 amide bonds. The van der Waals surface area contributed by atoms with Crippen molar-refractivity contribution in [1.82, 2.24) is 10.2 Å². The fourth-order valence-corrected chi connectivity index (χ4v) is 5.04. The van der Waals surface area contributed by atoms with Crippen LogP contribution < -0.4 is 14.8 Å². The highest BCUT2D eigenvalue weighted by molar-refractivity contribution is 5.95. The molecule has 1 aliphatic carbocycles. The summed E-state index contributed by atoms with van der Waals surface area (Å²) in [5.41, 5.74) is 0.842. The molecule has 1 N–H and O–H groups in total. The van der Waals surface area contributed by atoms with Gasteiger partial charge in [0.1, 0.15) is 5.78 Å². The number of carbonyl (C=O) groups is 2. The zero-order valence-corrected chi connectivity index (χ0v) is 22.4. The van der Waals surface area contributed by atoms with Crippen molar-refractivity contribution in [3.8, 4) is 22.6 Å². The van der Waals surface area contributed by atoms with Gasteiger partial charge in [-0.1, -0.05) is 24.3 Å². The monoisotopic (exact) mass is 552 g/mol. The van der Waals surface area contributed by atoms with E-state index in [1.807, 2.05) is 25.1 Å². The Bertz CT molecular complexity index is 1410. The Morgan fingerprint density at radius 2 is 1.65 bits per heavy atom. The van der Waals surface area contributed by atoms with Gasteiger partial charge < -0.3 is 19.7 Å². The number of halogens is 3. The molecule has 0 unspecified atom stereocenters. The van der Waals surface area contributed by atoms with Crippen LogP contribution in [0.1, 0.15) is 46.3 Å². The highest BCUT2D eigenvalue weighted by Gasteiger charge is 2.51. The van der Waals surface area contributed by atoms with Crippen LogP contribution in [0.3, 0.4) is 0 Å². The number of hydrogen-bond acceptors (Lipinski definition) is 5. The minimum atomic E-state index is -4.57. The Morgan fingerprint density at radius 1 is 0.925 bits per heavy atom. The molecule has 3 aromatic rings. The highest BCUT2D eigenvalue weighted by atomic mass is 19.4. The molecular formula is C31H31F3N2O4. The van der Waals surface area contributed by atoms with Crippen LogP contribution in [-0.4, -0.2) is 50.6 Å². The quantitative estimate of drug-likeness (QED) is 0.331. The Labute approximate surface area is 231 Å². The second kappa shape index (κ2) is 11.0. The van der Waals surface area contributed by atoms with Crippen LogP contribution in [0, 0.1) is 0 Å². The molecule has 3 aromatic carbocycles. The smallest absolute Gasteiger partial charge is 0.416 e. The van der Waals surface area contributed by atoms with E-state index in [1.54, 1.807) is 42.5 Å². The van der Waals surface area contributed by atoms with E-state index in [0.29, 0.717) is 53.1 Å². The number of amides is 1. The van der Waals surface area contributed by atoms with Crippen molar-refractivity contribution < 1.29 is 32.2 Å². The number of nitrogens with zero attached hydrogens (tertiary/aromatic N) is 1. The zero-order chi connectivity index (χ0) is 28.5. The molecule has 6 nitrogen and oxygen atoms in total. The fourth-order valence-electron chi connectivity index (χ4n) is 5.04. The number of ketones is 1. The lowest BCUT2D eigenvalue weighted by atomic mass is 9.86. The molecule has 2 aliphatic rings. The van der Waals surface area contributed by atoms with Crippen LogP contribution in [0.4, 0.5) is 13.2 Å². The van der Waals surface area contributed by atoms with Crippen molar-refractivity contribution in [3.05, 3.63) is 82.9 Å². The van der Waals surface area contributed by atoms with Crippen molar-refractivity contribution >= 4 is 11.7 Å². The van der Waals surface area contributed by atoms with Gasteiger partial charge in [-0.25, -0.2) is 0 Å². The summed E-state index contributed by atoms with van der Waals surface area (Å²) in [6, 6.07) is 15.6. The number of alkyl halides is 3. The summed E-state index contributed by atoms with van der Waals surface area (Å²) in [6.45, 7) is 1.49. The van der Waals surface area contributed by atoms with E-state index in [-0.39, 0.29) is 24.9 Å². The molecule has 9 heteroatoms. The van der Waals surface area contributed by atoms with E-state index in [0.717, 1.165) is 30.7 Å². The van der Waals surface area contributed by atoms with Crippen molar-refractivity contribution in [2.24, 2.45) is 0 Å². The fraction of sp³-hybridized carbons (Fsp3) is 0.355. The standard InChI is InChI=1S/C31H31F3N2O4/c1-36(2)13-3-12-35-29(38)22-6-4-21(5-7-22)23-14-20(15-25(17-23)31(32,33)34)16-28(37)30(10-11-30)24-8-9-26-27(18-24)40-19-39-26/h4-9,14-15,17-18H,3,10-13,16,19H2,1-2H3,(H,35,38). The minimum absolute atomic E-state index is 0.120. The maximum atomic E-state index is 13.8. The Morgan fingerprint density at radius 3 is 2.33 bits per heavy atom. The molecule has 0 spiro atoms. The van der Waals surface area contributed by atoms with Gasteiger partial charge in [0.25, 0.3) is 5.91 Å². The predicted octanol–water partition coefficient (Wildman–Crippen LogP) is 5.63. The van der Waals surface area contributed by atoms with Crippen molar-refractivity contribution in [2.45, 2.75) is 37.3 Å². The number of fused-ring (bicyclic) bond motifs is 1. The van der Waals surface area contributed by atoms with Crippen LogP contribution in [-0.2, 0) is 22.8 Å². The minimum Gasteiger partial charge on any atom is -0.454 e. The van der Waals surface area contributed by atoms with Crippen LogP contribution in [0.5, 0.6) is 11.5 Å². The summed E-state index contributed by atoms with van der Waals surface area (Å²) >= 11 is 0. The number of hydrogen-bond donors (Lipinski definition) is 1. The Hall–Kier alpha value is -3.85. The molecule has 1 aliphatic heterocycles. The van der Waals surface area contributed by atoms with Gasteiger partial charge in [0.2, 0.25) is 6.79 Å². The molecule has 0 atom stereocenters. The van der Waals surface area contributed by atoms with Gasteiger partial charge in [-0.05, 0) is 98.6 Å². The van der Waals surface area contributed by atoms with E-state index in [9.17, 15) is 22.8 Å². The van der Waals surface area contributed by atoms with Gasteiger partial charge in [-0.2, -0.15) is 13.2 Å². The normalized spacial score (nSPS) is 15.2. The van der Waals surface area contributed by atoms with Crippen LogP contribution in [0.2, 0.25) is 0 Å². The first kappa shape index (κ1) is 27.7. The summed E-state index contributed by atoms with van der Waals surface area (Å²) in [5, 5.41) is 2.85. The van der Waals surface area contributed by atoms with Gasteiger partial charge in [-0.15, -0.1) is 0 Å².